The lowest BCUT2D eigenvalue weighted by atomic mass is 10.1. The molecule has 86 valence electrons. The Hall–Kier alpha value is -1.03. The van der Waals surface area contributed by atoms with Gasteiger partial charge in [-0.3, -0.25) is 9.78 Å². The van der Waals surface area contributed by atoms with E-state index in [0.29, 0.717) is 12.3 Å². The zero-order chi connectivity index (χ0) is 11.5. The van der Waals surface area contributed by atoms with Crippen LogP contribution in [-0.2, 0) is 4.79 Å². The number of nitrogens with zero attached hydrogens (tertiary/aromatic N) is 2. The van der Waals surface area contributed by atoms with Gasteiger partial charge in [0.2, 0.25) is 5.91 Å². The predicted octanol–water partition coefficient (Wildman–Crippen LogP) is 1.92. The van der Waals surface area contributed by atoms with Crippen molar-refractivity contribution in [2.75, 3.05) is 12.3 Å². The summed E-state index contributed by atoms with van der Waals surface area (Å²) >= 11 is 4.26. The van der Waals surface area contributed by atoms with E-state index in [2.05, 4.69) is 24.5 Å². The highest BCUT2D eigenvalue weighted by Crippen LogP contribution is 2.28. The molecule has 0 radical (unpaired) electrons. The van der Waals surface area contributed by atoms with Crippen molar-refractivity contribution in [2.24, 2.45) is 5.92 Å². The molecule has 1 saturated heterocycles. The SMILES string of the molecule is CC(c1ccncc1)N1CC(CS)CC1=O. The summed E-state index contributed by atoms with van der Waals surface area (Å²) < 4.78 is 0. The summed E-state index contributed by atoms with van der Waals surface area (Å²) in [5, 5.41) is 0. The average molecular weight is 236 g/mol. The Balaban J connectivity index is 2.11. The predicted molar refractivity (Wildman–Crippen MR) is 66.3 cm³/mol. The molecule has 1 aromatic rings. The summed E-state index contributed by atoms with van der Waals surface area (Å²) in [5.41, 5.74) is 1.14. The Morgan fingerprint density at radius 1 is 1.56 bits per heavy atom. The first-order valence-electron chi connectivity index (χ1n) is 5.52. The molecule has 0 spiro atoms. The van der Waals surface area contributed by atoms with Gasteiger partial charge in [0.25, 0.3) is 0 Å². The molecular formula is C12H16N2OS. The van der Waals surface area contributed by atoms with Gasteiger partial charge in [-0.1, -0.05) is 0 Å². The molecule has 2 rings (SSSR count). The Morgan fingerprint density at radius 3 is 2.81 bits per heavy atom. The minimum absolute atomic E-state index is 0.139. The van der Waals surface area contributed by atoms with Crippen LogP contribution >= 0.6 is 12.6 Å². The number of likely N-dealkylation sites (tertiary alicyclic amines) is 1. The minimum Gasteiger partial charge on any atom is -0.336 e. The van der Waals surface area contributed by atoms with Crippen LogP contribution in [0.25, 0.3) is 0 Å². The molecule has 0 aromatic carbocycles. The standard InChI is InChI=1S/C12H16N2OS/c1-9(11-2-4-13-5-3-11)14-7-10(8-16)6-12(14)15/h2-5,9-10,16H,6-8H2,1H3. The molecule has 4 heteroatoms. The van der Waals surface area contributed by atoms with Gasteiger partial charge in [-0.15, -0.1) is 0 Å². The molecule has 2 heterocycles. The van der Waals surface area contributed by atoms with E-state index in [-0.39, 0.29) is 11.9 Å². The molecule has 1 aliphatic rings. The first-order valence-corrected chi connectivity index (χ1v) is 6.16. The van der Waals surface area contributed by atoms with Crippen molar-refractivity contribution in [3.05, 3.63) is 30.1 Å². The molecule has 1 fully saturated rings. The Labute approximate surface area is 101 Å². The van der Waals surface area contributed by atoms with Crippen LogP contribution in [0.15, 0.2) is 24.5 Å². The molecule has 2 atom stereocenters. The van der Waals surface area contributed by atoms with Gasteiger partial charge in [0.05, 0.1) is 6.04 Å². The number of hydrogen-bond acceptors (Lipinski definition) is 3. The third kappa shape index (κ3) is 2.21. The molecule has 1 aliphatic heterocycles. The molecule has 0 bridgehead atoms. The number of thiol groups is 1. The lowest BCUT2D eigenvalue weighted by Crippen LogP contribution is -2.28. The number of amides is 1. The van der Waals surface area contributed by atoms with Crippen LogP contribution in [0.3, 0.4) is 0 Å². The second-order valence-electron chi connectivity index (χ2n) is 4.26. The van der Waals surface area contributed by atoms with Crippen LogP contribution in [0.4, 0.5) is 0 Å². The smallest absolute Gasteiger partial charge is 0.223 e. The maximum atomic E-state index is 11.8. The summed E-state index contributed by atoms with van der Waals surface area (Å²) in [7, 11) is 0. The summed E-state index contributed by atoms with van der Waals surface area (Å²) in [6.45, 7) is 2.89. The monoisotopic (exact) mass is 236 g/mol. The van der Waals surface area contributed by atoms with Crippen molar-refractivity contribution >= 4 is 18.5 Å². The topological polar surface area (TPSA) is 33.2 Å². The number of rotatable bonds is 3. The average Bonchev–Trinajstić information content (AvgIpc) is 2.71. The van der Waals surface area contributed by atoms with Crippen molar-refractivity contribution in [1.29, 1.82) is 0 Å². The van der Waals surface area contributed by atoms with Crippen LogP contribution in [0, 0.1) is 5.92 Å². The highest BCUT2D eigenvalue weighted by atomic mass is 32.1. The number of pyridine rings is 1. The molecular weight excluding hydrogens is 220 g/mol. The van der Waals surface area contributed by atoms with Gasteiger partial charge >= 0.3 is 0 Å². The molecule has 0 saturated carbocycles. The molecule has 2 unspecified atom stereocenters. The van der Waals surface area contributed by atoms with E-state index in [1.54, 1.807) is 12.4 Å². The zero-order valence-electron chi connectivity index (χ0n) is 9.34. The van der Waals surface area contributed by atoms with Crippen molar-refractivity contribution in [3.8, 4) is 0 Å². The van der Waals surface area contributed by atoms with Crippen LogP contribution in [0.2, 0.25) is 0 Å². The molecule has 0 N–H and O–H groups in total. The first-order chi connectivity index (χ1) is 7.72. The van der Waals surface area contributed by atoms with E-state index < -0.39 is 0 Å². The fourth-order valence-corrected chi connectivity index (χ4v) is 2.37. The maximum Gasteiger partial charge on any atom is 0.223 e. The van der Waals surface area contributed by atoms with Crippen LogP contribution in [0.1, 0.15) is 24.9 Å². The number of aromatic nitrogens is 1. The van der Waals surface area contributed by atoms with Gasteiger partial charge in [0, 0.05) is 25.4 Å². The fourth-order valence-electron chi connectivity index (χ4n) is 2.13. The quantitative estimate of drug-likeness (QED) is 0.813. The molecule has 1 aromatic heterocycles. The zero-order valence-corrected chi connectivity index (χ0v) is 10.2. The van der Waals surface area contributed by atoms with E-state index >= 15 is 0 Å². The summed E-state index contributed by atoms with van der Waals surface area (Å²) in [6, 6.07) is 4.07. The van der Waals surface area contributed by atoms with Gasteiger partial charge in [-0.25, -0.2) is 0 Å². The van der Waals surface area contributed by atoms with Crippen molar-refractivity contribution in [2.45, 2.75) is 19.4 Å². The minimum atomic E-state index is 0.139. The Morgan fingerprint density at radius 2 is 2.25 bits per heavy atom. The second-order valence-corrected chi connectivity index (χ2v) is 4.62. The lowest BCUT2D eigenvalue weighted by Gasteiger charge is -2.25. The van der Waals surface area contributed by atoms with Gasteiger partial charge in [-0.05, 0) is 36.3 Å². The lowest BCUT2D eigenvalue weighted by molar-refractivity contribution is -0.129. The van der Waals surface area contributed by atoms with Crippen LogP contribution in [-0.4, -0.2) is 28.1 Å². The van der Waals surface area contributed by atoms with Gasteiger partial charge < -0.3 is 4.90 Å². The number of carbonyl (C=O) groups is 1. The van der Waals surface area contributed by atoms with E-state index in [9.17, 15) is 4.79 Å². The normalized spacial score (nSPS) is 22.5. The van der Waals surface area contributed by atoms with Gasteiger partial charge in [0.15, 0.2) is 0 Å². The molecule has 3 nitrogen and oxygen atoms in total. The third-order valence-corrected chi connectivity index (χ3v) is 3.67. The van der Waals surface area contributed by atoms with Gasteiger partial charge in [0.1, 0.15) is 0 Å². The third-order valence-electron chi connectivity index (χ3n) is 3.15. The first kappa shape index (κ1) is 11.5. The van der Waals surface area contributed by atoms with Gasteiger partial charge in [-0.2, -0.15) is 12.6 Å². The summed E-state index contributed by atoms with van der Waals surface area (Å²) in [6.07, 6.45) is 4.17. The van der Waals surface area contributed by atoms with E-state index in [0.717, 1.165) is 17.9 Å². The van der Waals surface area contributed by atoms with E-state index in [1.165, 1.54) is 0 Å². The molecule has 1 amide bonds. The summed E-state index contributed by atoms with van der Waals surface area (Å²) in [4.78, 5) is 17.8. The molecule has 0 aliphatic carbocycles. The molecule has 16 heavy (non-hydrogen) atoms. The van der Waals surface area contributed by atoms with Crippen molar-refractivity contribution < 1.29 is 4.79 Å². The maximum absolute atomic E-state index is 11.8. The Bertz CT molecular complexity index is 369. The van der Waals surface area contributed by atoms with Crippen LogP contribution in [0.5, 0.6) is 0 Å². The highest BCUT2D eigenvalue weighted by molar-refractivity contribution is 7.80. The number of carbonyl (C=O) groups excluding carboxylic acids is 1. The second kappa shape index (κ2) is 4.87. The van der Waals surface area contributed by atoms with Crippen molar-refractivity contribution in [1.82, 2.24) is 9.88 Å². The van der Waals surface area contributed by atoms with Crippen LogP contribution < -0.4 is 0 Å². The largest absolute Gasteiger partial charge is 0.336 e. The fraction of sp³-hybridized carbons (Fsp3) is 0.500. The Kier molecular flexibility index (Phi) is 3.49. The number of hydrogen-bond donors (Lipinski definition) is 1. The van der Waals surface area contributed by atoms with E-state index in [4.69, 9.17) is 0 Å². The summed E-state index contributed by atoms with van der Waals surface area (Å²) in [5.74, 6) is 1.43. The van der Waals surface area contributed by atoms with Crippen molar-refractivity contribution in [3.63, 3.8) is 0 Å². The van der Waals surface area contributed by atoms with E-state index in [1.807, 2.05) is 17.0 Å². The highest BCUT2D eigenvalue weighted by Gasteiger charge is 2.32.